The van der Waals surface area contributed by atoms with E-state index in [4.69, 9.17) is 0 Å². The molecule has 0 aliphatic carbocycles. The number of likely N-dealkylation sites (tertiary alicyclic amines) is 1. The predicted octanol–water partition coefficient (Wildman–Crippen LogP) is 1.86. The van der Waals surface area contributed by atoms with Crippen LogP contribution in [0.4, 0.5) is 0 Å². The number of hydrogen-bond acceptors (Lipinski definition) is 3. The van der Waals surface area contributed by atoms with Crippen molar-refractivity contribution in [3.05, 3.63) is 0 Å². The Balaban J connectivity index is 2.46. The summed E-state index contributed by atoms with van der Waals surface area (Å²) in [6, 6.07) is -0.502. The Hall–Kier alpha value is -1.39. The van der Waals surface area contributed by atoms with Crippen molar-refractivity contribution in [2.45, 2.75) is 65.3 Å². The topological polar surface area (TPSA) is 66.5 Å². The van der Waals surface area contributed by atoms with Gasteiger partial charge in [0.05, 0.1) is 0 Å². The van der Waals surface area contributed by atoms with Crippen LogP contribution in [0.5, 0.6) is 0 Å². The summed E-state index contributed by atoms with van der Waals surface area (Å²) in [5.41, 5.74) is 0. The van der Waals surface area contributed by atoms with Crippen LogP contribution in [-0.4, -0.2) is 35.2 Å². The molecule has 20 heavy (non-hydrogen) atoms. The first-order valence-electron chi connectivity index (χ1n) is 7.62. The highest BCUT2D eigenvalue weighted by Crippen LogP contribution is 2.16. The van der Waals surface area contributed by atoms with Gasteiger partial charge in [-0.05, 0) is 25.2 Å². The second-order valence-electron chi connectivity index (χ2n) is 5.58. The number of nitrogens with zero attached hydrogens (tertiary/aromatic N) is 1. The van der Waals surface area contributed by atoms with Crippen LogP contribution < -0.4 is 5.32 Å². The molecule has 1 unspecified atom stereocenters. The van der Waals surface area contributed by atoms with E-state index in [0.717, 1.165) is 19.3 Å². The van der Waals surface area contributed by atoms with Gasteiger partial charge in [0.2, 0.25) is 17.7 Å². The van der Waals surface area contributed by atoms with E-state index in [-0.39, 0.29) is 17.7 Å². The second-order valence-corrected chi connectivity index (χ2v) is 5.58. The lowest BCUT2D eigenvalue weighted by Gasteiger charge is -2.25. The first kappa shape index (κ1) is 16.7. The molecule has 1 N–H and O–H groups in total. The van der Waals surface area contributed by atoms with Gasteiger partial charge < -0.3 is 4.90 Å². The summed E-state index contributed by atoms with van der Waals surface area (Å²) in [4.78, 5) is 37.1. The lowest BCUT2D eigenvalue weighted by molar-refractivity contribution is -0.140. The Morgan fingerprint density at radius 3 is 2.50 bits per heavy atom. The minimum absolute atomic E-state index is 0.0130. The van der Waals surface area contributed by atoms with Crippen LogP contribution in [0.25, 0.3) is 0 Å². The highest BCUT2D eigenvalue weighted by molar-refractivity contribution is 5.99. The number of rotatable bonds is 7. The minimum atomic E-state index is -0.502. The van der Waals surface area contributed by atoms with Crippen molar-refractivity contribution < 1.29 is 14.4 Å². The molecule has 0 spiro atoms. The molecule has 1 aliphatic rings. The average molecular weight is 282 g/mol. The first-order chi connectivity index (χ1) is 9.49. The molecule has 0 radical (unpaired) electrons. The third-order valence-corrected chi connectivity index (χ3v) is 4.00. The largest absolute Gasteiger partial charge is 0.331 e. The molecule has 1 heterocycles. The molecule has 3 amide bonds. The van der Waals surface area contributed by atoms with Crippen molar-refractivity contribution in [3.8, 4) is 0 Å². The van der Waals surface area contributed by atoms with Crippen molar-refractivity contribution >= 4 is 17.7 Å². The Morgan fingerprint density at radius 1 is 1.30 bits per heavy atom. The molecular weight excluding hydrogens is 256 g/mol. The van der Waals surface area contributed by atoms with Gasteiger partial charge in [0.25, 0.3) is 0 Å². The van der Waals surface area contributed by atoms with Crippen LogP contribution in [0.15, 0.2) is 0 Å². The fourth-order valence-electron chi connectivity index (χ4n) is 2.41. The maximum absolute atomic E-state index is 12.1. The van der Waals surface area contributed by atoms with Gasteiger partial charge in [-0.2, -0.15) is 0 Å². The lowest BCUT2D eigenvalue weighted by Crippen LogP contribution is -2.48. The van der Waals surface area contributed by atoms with Crippen LogP contribution in [0, 0.1) is 5.92 Å². The summed E-state index contributed by atoms with van der Waals surface area (Å²) in [6.45, 7) is 6.65. The number of carbonyl (C=O) groups is 3. The fraction of sp³-hybridized carbons (Fsp3) is 0.800. The van der Waals surface area contributed by atoms with Crippen molar-refractivity contribution in [3.63, 3.8) is 0 Å². The number of imide groups is 1. The van der Waals surface area contributed by atoms with Crippen LogP contribution in [0.3, 0.4) is 0 Å². The Kier molecular flexibility index (Phi) is 6.68. The van der Waals surface area contributed by atoms with Crippen molar-refractivity contribution in [2.24, 2.45) is 5.92 Å². The molecule has 0 aromatic heterocycles. The zero-order valence-corrected chi connectivity index (χ0v) is 12.8. The van der Waals surface area contributed by atoms with E-state index in [1.165, 1.54) is 0 Å². The molecule has 0 bridgehead atoms. The molecule has 1 rings (SSSR count). The summed E-state index contributed by atoms with van der Waals surface area (Å²) in [5, 5.41) is 2.44. The summed E-state index contributed by atoms with van der Waals surface area (Å²) >= 11 is 0. The van der Waals surface area contributed by atoms with E-state index >= 15 is 0 Å². The monoisotopic (exact) mass is 282 g/mol. The highest BCUT2D eigenvalue weighted by atomic mass is 16.2. The third-order valence-electron chi connectivity index (χ3n) is 4.00. The van der Waals surface area contributed by atoms with E-state index in [0.29, 0.717) is 31.7 Å². The van der Waals surface area contributed by atoms with E-state index in [9.17, 15) is 14.4 Å². The third kappa shape index (κ3) is 4.62. The van der Waals surface area contributed by atoms with Gasteiger partial charge in [0, 0.05) is 19.4 Å². The van der Waals surface area contributed by atoms with Gasteiger partial charge in [-0.15, -0.1) is 0 Å². The molecule has 0 saturated carbocycles. The molecule has 1 fully saturated rings. The van der Waals surface area contributed by atoms with Crippen molar-refractivity contribution in [2.75, 3.05) is 6.54 Å². The van der Waals surface area contributed by atoms with Gasteiger partial charge in [-0.25, -0.2) is 0 Å². The lowest BCUT2D eigenvalue weighted by atomic mass is 10.0. The predicted molar refractivity (Wildman–Crippen MR) is 76.9 cm³/mol. The summed E-state index contributed by atoms with van der Waals surface area (Å²) < 4.78 is 0. The Morgan fingerprint density at radius 2 is 2.00 bits per heavy atom. The van der Waals surface area contributed by atoms with Gasteiger partial charge in [0.15, 0.2) is 0 Å². The number of hydrogen-bond donors (Lipinski definition) is 1. The molecule has 0 aromatic carbocycles. The van der Waals surface area contributed by atoms with Gasteiger partial charge in [-0.1, -0.05) is 27.2 Å². The first-order valence-corrected chi connectivity index (χ1v) is 7.62. The van der Waals surface area contributed by atoms with E-state index in [1.54, 1.807) is 4.90 Å². The van der Waals surface area contributed by atoms with Crippen LogP contribution in [0.1, 0.15) is 59.3 Å². The van der Waals surface area contributed by atoms with Crippen LogP contribution in [-0.2, 0) is 14.4 Å². The van der Waals surface area contributed by atoms with E-state index in [2.05, 4.69) is 19.2 Å². The fourth-order valence-corrected chi connectivity index (χ4v) is 2.41. The number of carbonyl (C=O) groups excluding carboxylic acids is 3. The molecule has 114 valence electrons. The quantitative estimate of drug-likeness (QED) is 0.775. The number of amides is 3. The second kappa shape index (κ2) is 8.02. The van der Waals surface area contributed by atoms with Gasteiger partial charge in [-0.3, -0.25) is 19.7 Å². The summed E-state index contributed by atoms with van der Waals surface area (Å²) in [7, 11) is 0. The molecule has 1 aliphatic heterocycles. The molecular formula is C15H26N2O3. The average Bonchev–Trinajstić information content (AvgIpc) is 2.83. The molecule has 2 atom stereocenters. The Bertz CT molecular complexity index is 368. The molecule has 0 aromatic rings. The highest BCUT2D eigenvalue weighted by Gasteiger charge is 2.32. The SMILES string of the molecule is CCC(C)CCC(=O)NC(=O)[C@H](CC)N1CCCC1=O. The van der Waals surface area contributed by atoms with Crippen molar-refractivity contribution in [1.29, 1.82) is 0 Å². The number of nitrogens with one attached hydrogen (secondary N) is 1. The molecule has 5 heteroatoms. The normalized spacial score (nSPS) is 17.9. The van der Waals surface area contributed by atoms with E-state index in [1.807, 2.05) is 6.92 Å². The van der Waals surface area contributed by atoms with Gasteiger partial charge >= 0.3 is 0 Å². The van der Waals surface area contributed by atoms with Crippen molar-refractivity contribution in [1.82, 2.24) is 10.2 Å². The molecule has 1 saturated heterocycles. The maximum atomic E-state index is 12.1. The zero-order valence-electron chi connectivity index (χ0n) is 12.8. The zero-order chi connectivity index (χ0) is 15.1. The summed E-state index contributed by atoms with van der Waals surface area (Å²) in [6.07, 6.45) is 4.02. The summed E-state index contributed by atoms with van der Waals surface area (Å²) in [5.74, 6) is -0.0747. The van der Waals surface area contributed by atoms with Crippen LogP contribution >= 0.6 is 0 Å². The maximum Gasteiger partial charge on any atom is 0.249 e. The van der Waals surface area contributed by atoms with Crippen LogP contribution in [0.2, 0.25) is 0 Å². The Labute approximate surface area is 121 Å². The standard InChI is InChI=1S/C15H26N2O3/c1-4-11(3)8-9-13(18)16-15(20)12(5-2)17-10-6-7-14(17)19/h11-12H,4-10H2,1-3H3,(H,16,18,20)/t11?,12-/m0/s1. The van der Waals surface area contributed by atoms with E-state index < -0.39 is 6.04 Å². The van der Waals surface area contributed by atoms with Gasteiger partial charge in [0.1, 0.15) is 6.04 Å². The molecule has 5 nitrogen and oxygen atoms in total. The smallest absolute Gasteiger partial charge is 0.249 e. The minimum Gasteiger partial charge on any atom is -0.331 e.